The molecule has 1 aliphatic carbocycles. The second kappa shape index (κ2) is 6.26. The van der Waals surface area contributed by atoms with Gasteiger partial charge in [0.1, 0.15) is 0 Å². The van der Waals surface area contributed by atoms with Crippen LogP contribution in [-0.4, -0.2) is 21.5 Å². The lowest BCUT2D eigenvalue weighted by atomic mass is 10.1. The van der Waals surface area contributed by atoms with E-state index in [2.05, 4.69) is 15.6 Å². The van der Waals surface area contributed by atoms with E-state index in [0.29, 0.717) is 12.6 Å². The Morgan fingerprint density at radius 2 is 2.15 bits per heavy atom. The molecule has 2 aromatic rings. The zero-order valence-corrected chi connectivity index (χ0v) is 12.3. The highest BCUT2D eigenvalue weighted by molar-refractivity contribution is 7.15. The maximum Gasteiger partial charge on any atom is 0.315 e. The Kier molecular flexibility index (Phi) is 4.20. The lowest BCUT2D eigenvalue weighted by molar-refractivity contribution is 0.235. The first-order valence-corrected chi connectivity index (χ1v) is 8.15. The molecule has 0 radical (unpaired) electrons. The Bertz CT molecular complexity index is 540. The topological polar surface area (TPSA) is 58.4 Å². The number of fused-ring (bicyclic) bond motifs is 1. The molecule has 3 rings (SSSR count). The lowest BCUT2D eigenvalue weighted by Crippen LogP contribution is -2.41. The summed E-state index contributed by atoms with van der Waals surface area (Å²) >= 11 is 1.60. The Hall–Kier alpha value is -1.56. The number of urea groups is 1. The van der Waals surface area contributed by atoms with Crippen LogP contribution in [0.3, 0.4) is 0 Å². The molecule has 0 unspecified atom stereocenters. The van der Waals surface area contributed by atoms with E-state index in [1.807, 2.05) is 22.2 Å². The third-order valence-corrected chi connectivity index (χ3v) is 4.53. The zero-order chi connectivity index (χ0) is 13.8. The van der Waals surface area contributed by atoms with Crippen LogP contribution in [0.15, 0.2) is 17.8 Å². The summed E-state index contributed by atoms with van der Waals surface area (Å²) in [5, 5.41) is 7.97. The molecule has 1 aliphatic rings. The minimum Gasteiger partial charge on any atom is -0.335 e. The van der Waals surface area contributed by atoms with Gasteiger partial charge in [-0.2, -0.15) is 0 Å². The van der Waals surface area contributed by atoms with Crippen LogP contribution in [-0.2, 0) is 6.54 Å². The first-order chi connectivity index (χ1) is 9.81. The Labute approximate surface area is 122 Å². The van der Waals surface area contributed by atoms with Crippen LogP contribution in [0.25, 0.3) is 4.96 Å². The van der Waals surface area contributed by atoms with Crippen molar-refractivity contribution >= 4 is 22.3 Å². The minimum absolute atomic E-state index is 0.0757. The fraction of sp³-hybridized carbons (Fsp3) is 0.571. The fourth-order valence-electron chi connectivity index (χ4n) is 2.69. The number of nitrogens with one attached hydrogen (secondary N) is 2. The van der Waals surface area contributed by atoms with Crippen LogP contribution in [0.2, 0.25) is 0 Å². The number of thiazole rings is 1. The van der Waals surface area contributed by atoms with Gasteiger partial charge in [-0.15, -0.1) is 11.3 Å². The van der Waals surface area contributed by atoms with Gasteiger partial charge in [0, 0.05) is 23.8 Å². The van der Waals surface area contributed by atoms with Gasteiger partial charge in [0.25, 0.3) is 0 Å². The third-order valence-electron chi connectivity index (χ3n) is 3.76. The number of hydrogen-bond donors (Lipinski definition) is 2. The first kappa shape index (κ1) is 13.4. The van der Waals surface area contributed by atoms with Crippen molar-refractivity contribution in [3.05, 3.63) is 23.5 Å². The van der Waals surface area contributed by atoms with Crippen molar-refractivity contribution in [3.63, 3.8) is 0 Å². The number of hydrogen-bond acceptors (Lipinski definition) is 3. The van der Waals surface area contributed by atoms with Crippen molar-refractivity contribution in [1.29, 1.82) is 0 Å². The van der Waals surface area contributed by atoms with Gasteiger partial charge in [-0.25, -0.2) is 9.78 Å². The predicted molar refractivity (Wildman–Crippen MR) is 79.9 cm³/mol. The highest BCUT2D eigenvalue weighted by Gasteiger charge is 2.14. The molecule has 0 spiro atoms. The maximum absolute atomic E-state index is 11.9. The van der Waals surface area contributed by atoms with Crippen LogP contribution < -0.4 is 10.6 Å². The number of carbonyl (C=O) groups excluding carboxylic acids is 1. The molecule has 20 heavy (non-hydrogen) atoms. The molecule has 1 saturated carbocycles. The van der Waals surface area contributed by atoms with Gasteiger partial charge in [0.15, 0.2) is 4.96 Å². The maximum atomic E-state index is 11.9. The van der Waals surface area contributed by atoms with Crippen molar-refractivity contribution in [1.82, 2.24) is 20.0 Å². The lowest BCUT2D eigenvalue weighted by Gasteiger charge is -2.16. The van der Waals surface area contributed by atoms with Crippen molar-refractivity contribution in [2.45, 2.75) is 51.1 Å². The molecular formula is C14H20N4OS. The Morgan fingerprint density at radius 3 is 2.90 bits per heavy atom. The first-order valence-electron chi connectivity index (χ1n) is 7.27. The molecule has 0 atom stereocenters. The van der Waals surface area contributed by atoms with E-state index in [9.17, 15) is 4.79 Å². The average molecular weight is 292 g/mol. The fourth-order valence-corrected chi connectivity index (χ4v) is 3.41. The third kappa shape index (κ3) is 3.30. The number of rotatable bonds is 3. The van der Waals surface area contributed by atoms with Crippen LogP contribution >= 0.6 is 11.3 Å². The van der Waals surface area contributed by atoms with Gasteiger partial charge in [-0.1, -0.05) is 25.7 Å². The number of carbonyl (C=O) groups is 1. The van der Waals surface area contributed by atoms with Crippen molar-refractivity contribution in [2.24, 2.45) is 0 Å². The molecule has 2 amide bonds. The Balaban J connectivity index is 1.47. The van der Waals surface area contributed by atoms with E-state index in [-0.39, 0.29) is 6.03 Å². The Morgan fingerprint density at radius 1 is 1.35 bits per heavy atom. The van der Waals surface area contributed by atoms with Gasteiger partial charge in [-0.05, 0) is 12.8 Å². The van der Waals surface area contributed by atoms with E-state index in [1.165, 1.54) is 25.7 Å². The van der Waals surface area contributed by atoms with Gasteiger partial charge in [-0.3, -0.25) is 4.40 Å². The minimum atomic E-state index is -0.0757. The molecule has 0 aliphatic heterocycles. The molecule has 108 valence electrons. The largest absolute Gasteiger partial charge is 0.335 e. The second-order valence-corrected chi connectivity index (χ2v) is 6.21. The summed E-state index contributed by atoms with van der Waals surface area (Å²) in [4.78, 5) is 17.3. The van der Waals surface area contributed by atoms with Crippen molar-refractivity contribution < 1.29 is 4.79 Å². The van der Waals surface area contributed by atoms with Crippen molar-refractivity contribution in [2.75, 3.05) is 0 Å². The molecule has 2 N–H and O–H groups in total. The summed E-state index contributed by atoms with van der Waals surface area (Å²) in [7, 11) is 0. The van der Waals surface area contributed by atoms with Crippen LogP contribution in [0.5, 0.6) is 0 Å². The quantitative estimate of drug-likeness (QED) is 0.855. The van der Waals surface area contributed by atoms with E-state index >= 15 is 0 Å². The second-order valence-electron chi connectivity index (χ2n) is 5.34. The highest BCUT2D eigenvalue weighted by Crippen LogP contribution is 2.17. The smallest absolute Gasteiger partial charge is 0.315 e. The number of amides is 2. The molecule has 0 aromatic carbocycles. The van der Waals surface area contributed by atoms with Gasteiger partial charge in [0.2, 0.25) is 0 Å². The summed E-state index contributed by atoms with van der Waals surface area (Å²) in [6.45, 7) is 0.479. The van der Waals surface area contributed by atoms with E-state index in [0.717, 1.165) is 23.5 Å². The molecule has 0 saturated heterocycles. The highest BCUT2D eigenvalue weighted by atomic mass is 32.1. The SMILES string of the molecule is O=C(NCc1cn2ccsc2n1)NC1CCCCCC1. The summed E-state index contributed by atoms with van der Waals surface area (Å²) in [5.74, 6) is 0. The van der Waals surface area contributed by atoms with Crippen molar-refractivity contribution in [3.8, 4) is 0 Å². The van der Waals surface area contributed by atoms with Crippen LogP contribution in [0.1, 0.15) is 44.2 Å². The average Bonchev–Trinajstić information content (AvgIpc) is 2.91. The summed E-state index contributed by atoms with van der Waals surface area (Å²) < 4.78 is 1.98. The summed E-state index contributed by atoms with van der Waals surface area (Å²) in [6.07, 6.45) is 11.2. The summed E-state index contributed by atoms with van der Waals surface area (Å²) in [5.41, 5.74) is 0.896. The molecule has 2 aromatic heterocycles. The van der Waals surface area contributed by atoms with E-state index < -0.39 is 0 Å². The van der Waals surface area contributed by atoms with E-state index in [1.54, 1.807) is 11.3 Å². The van der Waals surface area contributed by atoms with E-state index in [4.69, 9.17) is 0 Å². The normalized spacial score (nSPS) is 17.0. The van der Waals surface area contributed by atoms with Crippen LogP contribution in [0.4, 0.5) is 4.79 Å². The van der Waals surface area contributed by atoms with Gasteiger partial charge >= 0.3 is 6.03 Å². The standard InChI is InChI=1S/C14H20N4OS/c19-13(16-11-5-3-1-2-4-6-11)15-9-12-10-18-7-8-20-14(18)17-12/h7-8,10-11H,1-6,9H2,(H2,15,16,19). The number of aromatic nitrogens is 2. The van der Waals surface area contributed by atoms with Gasteiger partial charge < -0.3 is 10.6 Å². The number of imidazole rings is 1. The summed E-state index contributed by atoms with van der Waals surface area (Å²) in [6, 6.07) is 0.260. The monoisotopic (exact) mass is 292 g/mol. The predicted octanol–water partition coefficient (Wildman–Crippen LogP) is 2.92. The molecule has 1 fully saturated rings. The zero-order valence-electron chi connectivity index (χ0n) is 11.5. The molecule has 6 heteroatoms. The van der Waals surface area contributed by atoms with Gasteiger partial charge in [0.05, 0.1) is 12.2 Å². The molecule has 5 nitrogen and oxygen atoms in total. The van der Waals surface area contributed by atoms with Crippen LogP contribution in [0, 0.1) is 0 Å². The number of nitrogens with zero attached hydrogens (tertiary/aromatic N) is 2. The molecular weight excluding hydrogens is 272 g/mol. The molecule has 0 bridgehead atoms. The molecule has 2 heterocycles.